The predicted octanol–water partition coefficient (Wildman–Crippen LogP) is 3.98. The Labute approximate surface area is 343 Å². The van der Waals surface area contributed by atoms with Crippen molar-refractivity contribution in [3.05, 3.63) is 97.7 Å². The third kappa shape index (κ3) is 38.6. The normalized spacial score (nSPS) is 16.0. The fourth-order valence-electron chi connectivity index (χ4n) is 4.49. The topological polar surface area (TPSA) is 230 Å². The van der Waals surface area contributed by atoms with E-state index < -0.39 is 40.5 Å². The molecule has 4 N–H and O–H groups in total. The Morgan fingerprint density at radius 3 is 0.709 bits per heavy atom. The van der Waals surface area contributed by atoms with Gasteiger partial charge in [-0.2, -0.15) is 33.7 Å². The van der Waals surface area contributed by atoms with Crippen LogP contribution < -0.4 is 0 Å². The third-order valence-electron chi connectivity index (χ3n) is 6.93. The van der Waals surface area contributed by atoms with Crippen LogP contribution in [0.15, 0.2) is 97.7 Å². The van der Waals surface area contributed by atoms with E-state index in [-0.39, 0.29) is 39.0 Å². The van der Waals surface area contributed by atoms with Crippen LogP contribution in [0.5, 0.6) is 0 Å². The zero-order chi connectivity index (χ0) is 41.6. The molecule has 0 spiro atoms. The monoisotopic (exact) mass is 988 g/mol. The van der Waals surface area contributed by atoms with Gasteiger partial charge in [0.2, 0.25) is 0 Å². The fraction of sp³-hybridized carbons (Fsp3) is 0.500. The molecule has 55 heavy (non-hydrogen) atoms. The maximum atomic E-state index is 10.4. The standard InChI is InChI=1S/4C8H13NO3S.2ClH.Pd/c4*10-13(11,12)8-4-7-9-5-2-1-3-6-9;;;/h4*1-3,5H,4,6-8H2,(H,10,11,12);2*1H;/q;;;;;;+2/p-2. The minimum atomic E-state index is -3.79. The van der Waals surface area contributed by atoms with E-state index in [1.807, 2.05) is 117 Å². The molecule has 16 nitrogen and oxygen atoms in total. The van der Waals surface area contributed by atoms with Crippen molar-refractivity contribution < 1.29 is 67.8 Å². The first-order valence-electron chi connectivity index (χ1n) is 16.7. The zero-order valence-electron chi connectivity index (χ0n) is 30.1. The summed E-state index contributed by atoms with van der Waals surface area (Å²) in [5.41, 5.74) is 0. The quantitative estimate of drug-likeness (QED) is 0.127. The summed E-state index contributed by atoms with van der Waals surface area (Å²) in [6, 6.07) is 0. The van der Waals surface area contributed by atoms with Gasteiger partial charge in [0.05, 0.1) is 23.0 Å². The Bertz CT molecular complexity index is 1510. The van der Waals surface area contributed by atoms with E-state index in [1.54, 1.807) is 0 Å². The van der Waals surface area contributed by atoms with Crippen LogP contribution in [0, 0.1) is 0 Å². The van der Waals surface area contributed by atoms with Gasteiger partial charge in [0.15, 0.2) is 0 Å². The predicted molar refractivity (Wildman–Crippen MR) is 215 cm³/mol. The molecule has 0 fully saturated rings. The first kappa shape index (κ1) is 53.0. The van der Waals surface area contributed by atoms with Crippen LogP contribution in [0.3, 0.4) is 0 Å². The van der Waals surface area contributed by atoms with Crippen LogP contribution in [0.25, 0.3) is 0 Å². The summed E-state index contributed by atoms with van der Waals surface area (Å²) in [7, 11) is -5.55. The Balaban J connectivity index is 0.000000689. The molecule has 4 aliphatic rings. The molecule has 0 aromatic rings. The molecular weight excluding hydrogens is 938 g/mol. The summed E-state index contributed by atoms with van der Waals surface area (Å²) >= 11 is -0.106. The van der Waals surface area contributed by atoms with E-state index in [1.165, 1.54) is 0 Å². The second-order valence-corrected chi connectivity index (χ2v) is 20.3. The summed E-state index contributed by atoms with van der Waals surface area (Å²) in [5.74, 6) is -0.662. The number of rotatable bonds is 16. The van der Waals surface area contributed by atoms with Gasteiger partial charge in [-0.3, -0.25) is 18.2 Å². The first-order valence-corrected chi connectivity index (χ1v) is 27.1. The fourth-order valence-corrected chi connectivity index (χ4v) is 6.47. The third-order valence-corrected chi connectivity index (χ3v) is 10.1. The van der Waals surface area contributed by atoms with E-state index in [2.05, 4.69) is 0 Å². The Morgan fingerprint density at radius 1 is 0.400 bits per heavy atom. The van der Waals surface area contributed by atoms with Crippen molar-refractivity contribution in [2.75, 3.05) is 75.4 Å². The summed E-state index contributed by atoms with van der Waals surface area (Å²) in [6.07, 6.45) is 32.8. The SMILES string of the molecule is O=S(=O)(O)CCCN1C=CC=CC1.O=S(=O)(O)CCCN1C=CC=CC1.O=S(=O)(O)CCCN1C=CC=CC1.O=S(=O)(O)CCCN1C=CC=CC1.[Cl][Pd][Cl]. The molecule has 4 aliphatic heterocycles. The molecular formula is C32H52Cl2N4O12PdS4. The van der Waals surface area contributed by atoms with Crippen molar-refractivity contribution >= 4 is 59.5 Å². The number of halogens is 2. The van der Waals surface area contributed by atoms with E-state index in [9.17, 15) is 33.7 Å². The molecule has 0 bridgehead atoms. The van der Waals surface area contributed by atoms with Gasteiger partial charge in [0.25, 0.3) is 40.5 Å². The van der Waals surface area contributed by atoms with E-state index in [0.29, 0.717) is 51.9 Å². The van der Waals surface area contributed by atoms with Gasteiger partial charge < -0.3 is 19.6 Å². The molecule has 320 valence electrons. The van der Waals surface area contributed by atoms with Gasteiger partial charge in [-0.1, -0.05) is 48.6 Å². The zero-order valence-corrected chi connectivity index (χ0v) is 36.4. The molecule has 0 aliphatic carbocycles. The van der Waals surface area contributed by atoms with E-state index in [0.717, 1.165) is 26.2 Å². The number of allylic oxidation sites excluding steroid dienone is 8. The molecule has 0 aromatic carbocycles. The molecule has 0 amide bonds. The van der Waals surface area contributed by atoms with Crippen molar-refractivity contribution in [2.45, 2.75) is 25.7 Å². The number of nitrogens with zero attached hydrogens (tertiary/aromatic N) is 4. The summed E-state index contributed by atoms with van der Waals surface area (Å²) < 4.78 is 117. The summed E-state index contributed by atoms with van der Waals surface area (Å²) in [5, 5.41) is 0. The van der Waals surface area contributed by atoms with Crippen LogP contribution in [-0.2, 0) is 56.4 Å². The maximum absolute atomic E-state index is 10.4. The molecule has 23 heteroatoms. The minimum absolute atomic E-state index is 0.106. The van der Waals surface area contributed by atoms with Crippen LogP contribution in [-0.4, -0.2) is 147 Å². The van der Waals surface area contributed by atoms with Crippen molar-refractivity contribution in [3.63, 3.8) is 0 Å². The molecule has 0 radical (unpaired) electrons. The van der Waals surface area contributed by atoms with Gasteiger partial charge in [0, 0.05) is 52.4 Å². The molecule has 0 aromatic heterocycles. The summed E-state index contributed by atoms with van der Waals surface area (Å²) in [6.45, 7) is 5.84. The van der Waals surface area contributed by atoms with Crippen molar-refractivity contribution in [3.8, 4) is 0 Å². The Morgan fingerprint density at radius 2 is 0.582 bits per heavy atom. The van der Waals surface area contributed by atoms with Gasteiger partial charge in [-0.15, -0.1) is 0 Å². The average molecular weight is 990 g/mol. The molecule has 0 unspecified atom stereocenters. The van der Waals surface area contributed by atoms with Crippen LogP contribution in [0.2, 0.25) is 0 Å². The van der Waals surface area contributed by atoms with Crippen LogP contribution in [0.1, 0.15) is 25.7 Å². The Kier molecular flexibility index (Phi) is 29.0. The van der Waals surface area contributed by atoms with Gasteiger partial charge >= 0.3 is 35.0 Å². The molecule has 4 heterocycles. The van der Waals surface area contributed by atoms with Gasteiger partial charge in [0.1, 0.15) is 0 Å². The summed E-state index contributed by atoms with van der Waals surface area (Å²) in [4.78, 5) is 7.96. The van der Waals surface area contributed by atoms with Crippen LogP contribution in [0.4, 0.5) is 0 Å². The number of hydrogen-bond donors (Lipinski definition) is 4. The molecule has 0 atom stereocenters. The second-order valence-electron chi connectivity index (χ2n) is 11.7. The number of hydrogen-bond acceptors (Lipinski definition) is 12. The molecule has 4 rings (SSSR count). The van der Waals surface area contributed by atoms with Crippen molar-refractivity contribution in [2.24, 2.45) is 0 Å². The van der Waals surface area contributed by atoms with Gasteiger partial charge in [-0.25, -0.2) is 0 Å². The van der Waals surface area contributed by atoms with Crippen molar-refractivity contribution in [1.29, 1.82) is 0 Å². The Hall–Kier alpha value is -2.00. The van der Waals surface area contributed by atoms with Crippen LogP contribution >= 0.6 is 19.1 Å². The van der Waals surface area contributed by atoms with E-state index in [4.69, 9.17) is 37.3 Å². The molecule has 0 saturated heterocycles. The molecule has 0 saturated carbocycles. The average Bonchev–Trinajstić information content (AvgIpc) is 3.09. The van der Waals surface area contributed by atoms with Gasteiger partial charge in [-0.05, 0) is 74.8 Å². The second kappa shape index (κ2) is 30.1. The van der Waals surface area contributed by atoms with E-state index >= 15 is 0 Å². The first-order chi connectivity index (χ1) is 25.7. The van der Waals surface area contributed by atoms with Crippen molar-refractivity contribution in [1.82, 2.24) is 19.6 Å².